The number of rotatable bonds is 5. The minimum atomic E-state index is -3.79. The fraction of sp³-hybridized carbons (Fsp3) is 0.300. The zero-order valence-corrected chi connectivity index (χ0v) is 16.1. The van der Waals surface area contributed by atoms with Crippen molar-refractivity contribution < 1.29 is 13.5 Å². The summed E-state index contributed by atoms with van der Waals surface area (Å²) in [6, 6.07) is 15.6. The van der Waals surface area contributed by atoms with Crippen molar-refractivity contribution in [1.29, 1.82) is 0 Å². The van der Waals surface area contributed by atoms with Crippen LogP contribution in [0.4, 0.5) is 11.6 Å². The van der Waals surface area contributed by atoms with Crippen LogP contribution in [-0.2, 0) is 10.0 Å². The first-order chi connectivity index (χ1) is 13.5. The van der Waals surface area contributed by atoms with Crippen LogP contribution in [0.3, 0.4) is 0 Å². The lowest BCUT2D eigenvalue weighted by atomic mass is 9.93. The number of anilines is 2. The highest BCUT2D eigenvalue weighted by atomic mass is 32.2. The summed E-state index contributed by atoms with van der Waals surface area (Å²) in [4.78, 5) is 9.27. The zero-order valence-electron chi connectivity index (χ0n) is 15.2. The Morgan fingerprint density at radius 1 is 0.821 bits per heavy atom. The van der Waals surface area contributed by atoms with Crippen molar-refractivity contribution in [1.82, 2.24) is 9.97 Å². The molecule has 7 nitrogen and oxygen atoms in total. The highest BCUT2D eigenvalue weighted by molar-refractivity contribution is 7.92. The number of aliphatic hydroxyl groups is 1. The van der Waals surface area contributed by atoms with E-state index in [1.807, 2.05) is 18.2 Å². The molecular formula is C20H22N4O3S. The number of aromatic nitrogens is 2. The van der Waals surface area contributed by atoms with E-state index in [0.717, 1.165) is 12.8 Å². The average molecular weight is 398 g/mol. The van der Waals surface area contributed by atoms with Crippen molar-refractivity contribution >= 4 is 32.7 Å². The lowest BCUT2D eigenvalue weighted by Gasteiger charge is -2.27. The third-order valence-corrected chi connectivity index (χ3v) is 6.25. The molecule has 0 aliphatic heterocycles. The maximum atomic E-state index is 12.8. The van der Waals surface area contributed by atoms with Crippen LogP contribution in [0.5, 0.6) is 0 Å². The topological polar surface area (TPSA) is 104 Å². The first-order valence-corrected chi connectivity index (χ1v) is 10.8. The van der Waals surface area contributed by atoms with Crippen LogP contribution in [0, 0.1) is 0 Å². The predicted molar refractivity (Wildman–Crippen MR) is 109 cm³/mol. The van der Waals surface area contributed by atoms with E-state index in [2.05, 4.69) is 20.0 Å². The highest BCUT2D eigenvalue weighted by Crippen LogP contribution is 2.28. The third-order valence-electron chi connectivity index (χ3n) is 4.89. The molecule has 1 saturated carbocycles. The van der Waals surface area contributed by atoms with Crippen molar-refractivity contribution in [2.45, 2.75) is 42.7 Å². The maximum Gasteiger partial charge on any atom is 0.263 e. The van der Waals surface area contributed by atoms with Gasteiger partial charge in [0.05, 0.1) is 22.0 Å². The van der Waals surface area contributed by atoms with Crippen molar-refractivity contribution in [3.63, 3.8) is 0 Å². The molecule has 1 fully saturated rings. The van der Waals surface area contributed by atoms with Crippen LogP contribution in [0.1, 0.15) is 25.7 Å². The van der Waals surface area contributed by atoms with Gasteiger partial charge in [-0.15, -0.1) is 0 Å². The number of hydrogen-bond donors (Lipinski definition) is 3. The molecule has 1 aromatic heterocycles. The van der Waals surface area contributed by atoms with E-state index in [-0.39, 0.29) is 22.9 Å². The number of hydrogen-bond acceptors (Lipinski definition) is 6. The highest BCUT2D eigenvalue weighted by Gasteiger charge is 2.23. The average Bonchev–Trinajstić information content (AvgIpc) is 2.70. The quantitative estimate of drug-likeness (QED) is 0.610. The normalized spacial score (nSPS) is 20.0. The molecule has 0 atom stereocenters. The van der Waals surface area contributed by atoms with Gasteiger partial charge in [0.25, 0.3) is 10.0 Å². The molecular weight excluding hydrogens is 376 g/mol. The van der Waals surface area contributed by atoms with Crippen molar-refractivity contribution in [2.24, 2.45) is 0 Å². The third kappa shape index (κ3) is 4.07. The number of benzene rings is 2. The van der Waals surface area contributed by atoms with Gasteiger partial charge in [0.15, 0.2) is 11.6 Å². The Labute approximate surface area is 163 Å². The van der Waals surface area contributed by atoms with Gasteiger partial charge in [-0.3, -0.25) is 4.72 Å². The molecule has 0 spiro atoms. The molecule has 1 aliphatic rings. The summed E-state index contributed by atoms with van der Waals surface area (Å²) < 4.78 is 28.2. The number of fused-ring (bicyclic) bond motifs is 1. The second-order valence-electron chi connectivity index (χ2n) is 6.98. The summed E-state index contributed by atoms with van der Waals surface area (Å²) >= 11 is 0. The molecule has 0 amide bonds. The van der Waals surface area contributed by atoms with Gasteiger partial charge >= 0.3 is 0 Å². The molecule has 0 saturated heterocycles. The van der Waals surface area contributed by atoms with Gasteiger partial charge in [-0.2, -0.15) is 0 Å². The van der Waals surface area contributed by atoms with Gasteiger partial charge in [-0.25, -0.2) is 18.4 Å². The molecule has 0 radical (unpaired) electrons. The molecule has 3 aromatic rings. The molecule has 2 aromatic carbocycles. The van der Waals surface area contributed by atoms with Crippen LogP contribution in [0.15, 0.2) is 59.5 Å². The second-order valence-corrected chi connectivity index (χ2v) is 8.66. The van der Waals surface area contributed by atoms with Gasteiger partial charge in [0.2, 0.25) is 0 Å². The van der Waals surface area contributed by atoms with Crippen LogP contribution in [0.25, 0.3) is 11.0 Å². The van der Waals surface area contributed by atoms with Crippen molar-refractivity contribution in [3.8, 4) is 0 Å². The molecule has 4 rings (SSSR count). The smallest absolute Gasteiger partial charge is 0.263 e. The maximum absolute atomic E-state index is 12.8. The molecule has 3 N–H and O–H groups in total. The number of nitrogens with one attached hydrogen (secondary N) is 2. The number of aliphatic hydroxyl groups excluding tert-OH is 1. The van der Waals surface area contributed by atoms with Crippen molar-refractivity contribution in [3.05, 3.63) is 54.6 Å². The summed E-state index contributed by atoms with van der Waals surface area (Å²) in [5.74, 6) is 0.577. The Balaban J connectivity index is 1.69. The van der Waals surface area contributed by atoms with Gasteiger partial charge in [-0.1, -0.05) is 30.3 Å². The molecule has 0 bridgehead atoms. The second kappa shape index (κ2) is 7.73. The van der Waals surface area contributed by atoms with E-state index in [9.17, 15) is 13.5 Å². The van der Waals surface area contributed by atoms with E-state index < -0.39 is 10.0 Å². The van der Waals surface area contributed by atoms with Gasteiger partial charge in [0.1, 0.15) is 0 Å². The van der Waals surface area contributed by atoms with Gasteiger partial charge in [-0.05, 0) is 49.9 Å². The minimum absolute atomic E-state index is 0.110. The van der Waals surface area contributed by atoms with E-state index in [4.69, 9.17) is 0 Å². The fourth-order valence-corrected chi connectivity index (χ4v) is 4.40. The Kier molecular flexibility index (Phi) is 5.15. The summed E-state index contributed by atoms with van der Waals surface area (Å²) in [5.41, 5.74) is 1.29. The van der Waals surface area contributed by atoms with E-state index in [0.29, 0.717) is 29.7 Å². The number of para-hydroxylation sites is 2. The predicted octanol–water partition coefficient (Wildman–Crippen LogP) is 3.15. The molecule has 8 heteroatoms. The van der Waals surface area contributed by atoms with Gasteiger partial charge < -0.3 is 10.4 Å². The Hall–Kier alpha value is -2.71. The summed E-state index contributed by atoms with van der Waals surface area (Å²) in [5, 5.41) is 13.0. The SMILES string of the molecule is O=S(=O)(Nc1nc2ccccc2nc1NC1CCC(O)CC1)c1ccccc1. The Morgan fingerprint density at radius 2 is 1.39 bits per heavy atom. The zero-order chi connectivity index (χ0) is 19.6. The molecule has 28 heavy (non-hydrogen) atoms. The summed E-state index contributed by atoms with van der Waals surface area (Å²) in [6.45, 7) is 0. The van der Waals surface area contributed by atoms with E-state index in [1.54, 1.807) is 24.3 Å². The first kappa shape index (κ1) is 18.6. The van der Waals surface area contributed by atoms with Crippen LogP contribution in [-0.4, -0.2) is 35.6 Å². The monoisotopic (exact) mass is 398 g/mol. The summed E-state index contributed by atoms with van der Waals surface area (Å²) in [6.07, 6.45) is 2.74. The van der Waals surface area contributed by atoms with Crippen molar-refractivity contribution in [2.75, 3.05) is 10.0 Å². The number of nitrogens with zero attached hydrogens (tertiary/aromatic N) is 2. The van der Waals surface area contributed by atoms with Crippen LogP contribution in [0.2, 0.25) is 0 Å². The lowest BCUT2D eigenvalue weighted by molar-refractivity contribution is 0.126. The molecule has 146 valence electrons. The van der Waals surface area contributed by atoms with Gasteiger partial charge in [0, 0.05) is 6.04 Å². The standard InChI is InChI=1S/C20H22N4O3S/c25-15-12-10-14(11-13-15)21-19-20(23-18-9-5-4-8-17(18)22-19)24-28(26,27)16-6-2-1-3-7-16/h1-9,14-15,25H,10-13H2,(H,21,22)(H,23,24). The largest absolute Gasteiger partial charge is 0.393 e. The van der Waals surface area contributed by atoms with E-state index in [1.165, 1.54) is 12.1 Å². The van der Waals surface area contributed by atoms with E-state index >= 15 is 0 Å². The Morgan fingerprint density at radius 3 is 2.04 bits per heavy atom. The summed E-state index contributed by atoms with van der Waals surface area (Å²) in [7, 11) is -3.79. The minimum Gasteiger partial charge on any atom is -0.393 e. The Bertz CT molecular complexity index is 1070. The van der Waals surface area contributed by atoms with Crippen LogP contribution >= 0.6 is 0 Å². The molecule has 0 unspecified atom stereocenters. The fourth-order valence-electron chi connectivity index (χ4n) is 3.37. The first-order valence-electron chi connectivity index (χ1n) is 9.30. The number of sulfonamides is 1. The molecule has 1 aliphatic carbocycles. The molecule has 1 heterocycles. The lowest BCUT2D eigenvalue weighted by Crippen LogP contribution is -2.29. The van der Waals surface area contributed by atoms with Crippen LogP contribution < -0.4 is 10.0 Å².